The number of halogens is 1. The second-order valence-electron chi connectivity index (χ2n) is 3.76. The monoisotopic (exact) mass is 353 g/mol. The number of rotatable bonds is 4. The highest BCUT2D eigenvalue weighted by Crippen LogP contribution is 2.32. The number of benzene rings is 1. The highest BCUT2D eigenvalue weighted by molar-refractivity contribution is 9.10. The number of nitrogens with two attached hydrogens (primary N) is 1. The molecule has 0 saturated heterocycles. The molecule has 1 aromatic heterocycles. The van der Waals surface area contributed by atoms with Crippen molar-refractivity contribution in [2.24, 2.45) is 10.9 Å². The van der Waals surface area contributed by atoms with Gasteiger partial charge in [-0.15, -0.1) is 0 Å². The highest BCUT2D eigenvalue weighted by atomic mass is 79.9. The first kappa shape index (κ1) is 14.7. The van der Waals surface area contributed by atoms with Crippen LogP contribution in [0, 0.1) is 0 Å². The Kier molecular flexibility index (Phi) is 4.86. The van der Waals surface area contributed by atoms with Crippen LogP contribution in [0.25, 0.3) is 0 Å². The maximum absolute atomic E-state index is 8.84. The zero-order valence-electron chi connectivity index (χ0n) is 10.6. The standard InChI is InChI=1S/C13H12BrN3O2S/c1-19-9-3-4-10(13(15)17-18)11(6-9)20-12-5-2-8(14)7-16-12/h2-7,18H,1H3,(H2,15,17). The van der Waals surface area contributed by atoms with E-state index in [2.05, 4.69) is 26.1 Å². The van der Waals surface area contributed by atoms with E-state index >= 15 is 0 Å². The van der Waals surface area contributed by atoms with E-state index in [4.69, 9.17) is 15.7 Å². The predicted molar refractivity (Wildman–Crippen MR) is 81.6 cm³/mol. The number of nitrogens with zero attached hydrogens (tertiary/aromatic N) is 2. The molecule has 0 saturated carbocycles. The zero-order valence-corrected chi connectivity index (χ0v) is 13.0. The maximum Gasteiger partial charge on any atom is 0.171 e. The van der Waals surface area contributed by atoms with Gasteiger partial charge in [0, 0.05) is 21.1 Å². The van der Waals surface area contributed by atoms with Gasteiger partial charge in [-0.05, 0) is 46.3 Å². The largest absolute Gasteiger partial charge is 0.497 e. The Morgan fingerprint density at radius 3 is 2.80 bits per heavy atom. The van der Waals surface area contributed by atoms with E-state index < -0.39 is 0 Å². The Hall–Kier alpha value is -1.73. The predicted octanol–water partition coefficient (Wildman–Crippen LogP) is 3.10. The van der Waals surface area contributed by atoms with E-state index in [0.717, 1.165) is 14.4 Å². The van der Waals surface area contributed by atoms with Gasteiger partial charge in [-0.2, -0.15) is 0 Å². The van der Waals surface area contributed by atoms with Crippen LogP contribution in [0.2, 0.25) is 0 Å². The fourth-order valence-corrected chi connectivity index (χ4v) is 2.67. The number of aromatic nitrogens is 1. The van der Waals surface area contributed by atoms with Crippen molar-refractivity contribution in [2.45, 2.75) is 9.92 Å². The second kappa shape index (κ2) is 6.62. The molecule has 1 aromatic carbocycles. The third-order valence-corrected chi connectivity index (χ3v) is 3.96. The first-order valence-corrected chi connectivity index (χ1v) is 7.20. The van der Waals surface area contributed by atoms with Crippen molar-refractivity contribution < 1.29 is 9.94 Å². The number of pyridine rings is 1. The third kappa shape index (κ3) is 3.43. The number of hydrogen-bond donors (Lipinski definition) is 2. The fraction of sp³-hybridized carbons (Fsp3) is 0.0769. The Morgan fingerprint density at radius 1 is 1.40 bits per heavy atom. The van der Waals surface area contributed by atoms with Gasteiger partial charge in [0.1, 0.15) is 10.8 Å². The Morgan fingerprint density at radius 2 is 2.20 bits per heavy atom. The van der Waals surface area contributed by atoms with Gasteiger partial charge in [-0.25, -0.2) is 4.98 Å². The van der Waals surface area contributed by atoms with E-state index in [1.54, 1.807) is 25.4 Å². The van der Waals surface area contributed by atoms with Crippen molar-refractivity contribution in [3.05, 3.63) is 46.6 Å². The van der Waals surface area contributed by atoms with Crippen molar-refractivity contribution in [2.75, 3.05) is 7.11 Å². The van der Waals surface area contributed by atoms with Crippen LogP contribution in [0.5, 0.6) is 5.75 Å². The number of ether oxygens (including phenoxy) is 1. The van der Waals surface area contributed by atoms with E-state index in [1.807, 2.05) is 18.2 Å². The average Bonchev–Trinajstić information content (AvgIpc) is 2.48. The molecule has 20 heavy (non-hydrogen) atoms. The van der Waals surface area contributed by atoms with Crippen LogP contribution in [-0.2, 0) is 0 Å². The minimum Gasteiger partial charge on any atom is -0.497 e. The molecule has 5 nitrogen and oxygen atoms in total. The molecule has 0 unspecified atom stereocenters. The van der Waals surface area contributed by atoms with Gasteiger partial charge in [-0.3, -0.25) is 0 Å². The van der Waals surface area contributed by atoms with Crippen LogP contribution < -0.4 is 10.5 Å². The normalized spacial score (nSPS) is 11.4. The number of oxime groups is 1. The molecule has 104 valence electrons. The summed E-state index contributed by atoms with van der Waals surface area (Å²) in [5.41, 5.74) is 6.31. The van der Waals surface area contributed by atoms with E-state index in [0.29, 0.717) is 11.3 Å². The van der Waals surface area contributed by atoms with Crippen LogP contribution in [0.4, 0.5) is 0 Å². The molecule has 0 radical (unpaired) electrons. The zero-order chi connectivity index (χ0) is 14.5. The van der Waals surface area contributed by atoms with Gasteiger partial charge >= 0.3 is 0 Å². The van der Waals surface area contributed by atoms with Gasteiger partial charge in [0.05, 0.1) is 7.11 Å². The van der Waals surface area contributed by atoms with Crippen molar-refractivity contribution >= 4 is 33.5 Å². The van der Waals surface area contributed by atoms with Crippen molar-refractivity contribution in [3.8, 4) is 5.75 Å². The summed E-state index contributed by atoms with van der Waals surface area (Å²) in [4.78, 5) is 5.09. The van der Waals surface area contributed by atoms with Gasteiger partial charge in [0.15, 0.2) is 5.84 Å². The molecule has 2 rings (SSSR count). The van der Waals surface area contributed by atoms with Crippen LogP contribution in [0.15, 0.2) is 56.1 Å². The SMILES string of the molecule is COc1ccc(/C(N)=N/O)c(Sc2ccc(Br)cn2)c1. The molecule has 0 spiro atoms. The molecular formula is C13H12BrN3O2S. The first-order valence-electron chi connectivity index (χ1n) is 5.59. The Balaban J connectivity index is 2.39. The summed E-state index contributed by atoms with van der Waals surface area (Å²) in [5.74, 6) is 0.742. The summed E-state index contributed by atoms with van der Waals surface area (Å²) in [6, 6.07) is 9.10. The molecule has 0 aliphatic rings. The van der Waals surface area contributed by atoms with Crippen molar-refractivity contribution in [1.82, 2.24) is 4.98 Å². The van der Waals surface area contributed by atoms with Gasteiger partial charge < -0.3 is 15.7 Å². The van der Waals surface area contributed by atoms with Crippen LogP contribution in [-0.4, -0.2) is 23.1 Å². The highest BCUT2D eigenvalue weighted by Gasteiger charge is 2.11. The number of hydrogen-bond acceptors (Lipinski definition) is 5. The van der Waals surface area contributed by atoms with Crippen LogP contribution >= 0.6 is 27.7 Å². The Labute approximate surface area is 129 Å². The first-order chi connectivity index (χ1) is 9.63. The van der Waals surface area contributed by atoms with E-state index in [1.165, 1.54) is 11.8 Å². The molecule has 0 aliphatic heterocycles. The second-order valence-corrected chi connectivity index (χ2v) is 5.74. The van der Waals surface area contributed by atoms with Gasteiger partial charge in [0.25, 0.3) is 0 Å². The summed E-state index contributed by atoms with van der Waals surface area (Å²) in [5, 5.41) is 12.7. The summed E-state index contributed by atoms with van der Waals surface area (Å²) in [6.45, 7) is 0. The average molecular weight is 354 g/mol. The summed E-state index contributed by atoms with van der Waals surface area (Å²) in [7, 11) is 1.59. The molecule has 0 atom stereocenters. The van der Waals surface area contributed by atoms with Crippen LogP contribution in [0.3, 0.4) is 0 Å². The van der Waals surface area contributed by atoms with Crippen molar-refractivity contribution in [3.63, 3.8) is 0 Å². The molecule has 1 heterocycles. The topological polar surface area (TPSA) is 80.7 Å². The minimum atomic E-state index is 0.0484. The molecular weight excluding hydrogens is 342 g/mol. The maximum atomic E-state index is 8.84. The third-order valence-electron chi connectivity index (χ3n) is 2.49. The summed E-state index contributed by atoms with van der Waals surface area (Å²) >= 11 is 4.75. The fourth-order valence-electron chi connectivity index (χ4n) is 1.51. The Bertz CT molecular complexity index is 632. The molecule has 0 bridgehead atoms. The van der Waals surface area contributed by atoms with E-state index in [9.17, 15) is 0 Å². The van der Waals surface area contributed by atoms with Crippen LogP contribution in [0.1, 0.15) is 5.56 Å². The summed E-state index contributed by atoms with van der Waals surface area (Å²) < 4.78 is 6.10. The molecule has 0 aliphatic carbocycles. The lowest BCUT2D eigenvalue weighted by Crippen LogP contribution is -2.14. The van der Waals surface area contributed by atoms with E-state index in [-0.39, 0.29) is 5.84 Å². The van der Waals surface area contributed by atoms with Gasteiger partial charge in [-0.1, -0.05) is 16.9 Å². The molecule has 0 amide bonds. The number of methoxy groups -OCH3 is 1. The minimum absolute atomic E-state index is 0.0484. The smallest absolute Gasteiger partial charge is 0.171 e. The van der Waals surface area contributed by atoms with Crippen molar-refractivity contribution in [1.29, 1.82) is 0 Å². The molecule has 7 heteroatoms. The quantitative estimate of drug-likeness (QED) is 0.382. The lowest BCUT2D eigenvalue weighted by Gasteiger charge is -2.09. The molecule has 0 fully saturated rings. The van der Waals surface area contributed by atoms with Gasteiger partial charge in [0.2, 0.25) is 0 Å². The number of amidine groups is 1. The molecule has 3 N–H and O–H groups in total. The molecule has 2 aromatic rings. The lowest BCUT2D eigenvalue weighted by molar-refractivity contribution is 0.318. The lowest BCUT2D eigenvalue weighted by atomic mass is 10.2. The summed E-state index contributed by atoms with van der Waals surface area (Å²) in [6.07, 6.45) is 1.71.